The summed E-state index contributed by atoms with van der Waals surface area (Å²) in [4.78, 5) is 14.2. The number of likely N-dealkylation sites (tertiary alicyclic amines) is 1. The molecule has 0 atom stereocenters. The van der Waals surface area contributed by atoms with Crippen LogP contribution >= 0.6 is 23.2 Å². The Kier molecular flexibility index (Phi) is 8.42. The zero-order chi connectivity index (χ0) is 24.2. The van der Waals surface area contributed by atoms with E-state index in [0.717, 1.165) is 9.87 Å². The predicted octanol–water partition coefficient (Wildman–Crippen LogP) is 3.45. The number of likely N-dealkylation sites (N-methyl/N-ethyl adjacent to an activating group) is 1. The van der Waals surface area contributed by atoms with E-state index in [1.807, 2.05) is 30.3 Å². The summed E-state index contributed by atoms with van der Waals surface area (Å²) in [6, 6.07) is 12.4. The van der Waals surface area contributed by atoms with E-state index in [4.69, 9.17) is 27.9 Å². The fourth-order valence-corrected chi connectivity index (χ4v) is 6.18. The lowest BCUT2D eigenvalue weighted by atomic mass is 9.84. The highest BCUT2D eigenvalue weighted by Crippen LogP contribution is 2.33. The van der Waals surface area contributed by atoms with Crippen LogP contribution in [0.3, 0.4) is 0 Å². The van der Waals surface area contributed by atoms with E-state index in [-0.39, 0.29) is 35.6 Å². The number of hydrogen-bond acceptors (Lipinski definition) is 5. The Morgan fingerprint density at radius 1 is 1.18 bits per heavy atom. The molecule has 1 saturated heterocycles. The number of benzene rings is 2. The molecule has 0 saturated carbocycles. The number of aryl methyl sites for hydroxylation is 1. The number of piperidine rings is 1. The van der Waals surface area contributed by atoms with Crippen LogP contribution < -0.4 is 0 Å². The summed E-state index contributed by atoms with van der Waals surface area (Å²) in [7, 11) is -2.41. The Morgan fingerprint density at radius 2 is 1.82 bits per heavy atom. The predicted molar refractivity (Wildman–Crippen MR) is 128 cm³/mol. The van der Waals surface area contributed by atoms with Gasteiger partial charge in [-0.3, -0.25) is 4.79 Å². The first-order valence-electron chi connectivity index (χ1n) is 10.6. The highest BCUT2D eigenvalue weighted by atomic mass is 35.5. The number of sulfonamides is 1. The lowest BCUT2D eigenvalue weighted by Crippen LogP contribution is -2.46. The molecular formula is C23H28Cl2N2O5S. The average Bonchev–Trinajstić information content (AvgIpc) is 2.76. The minimum atomic E-state index is -3.84. The first-order chi connectivity index (χ1) is 15.5. The van der Waals surface area contributed by atoms with Crippen LogP contribution in [0.1, 0.15) is 24.0 Å². The summed E-state index contributed by atoms with van der Waals surface area (Å²) in [5.74, 6) is -0.188. The molecule has 1 aliphatic rings. The fourth-order valence-electron chi connectivity index (χ4n) is 3.90. The zero-order valence-electron chi connectivity index (χ0n) is 18.6. The number of ether oxygens (including phenoxy) is 1. The highest BCUT2D eigenvalue weighted by Gasteiger charge is 2.35. The third kappa shape index (κ3) is 6.07. The number of rotatable bonds is 8. The minimum absolute atomic E-state index is 0.00589. The topological polar surface area (TPSA) is 87.2 Å². The number of carbonyl (C=O) groups excluding carboxylic acids is 1. The van der Waals surface area contributed by atoms with Crippen LogP contribution in [0.4, 0.5) is 0 Å². The van der Waals surface area contributed by atoms with Crippen molar-refractivity contribution in [3.63, 3.8) is 0 Å². The molecular weight excluding hydrogens is 487 g/mol. The van der Waals surface area contributed by atoms with Crippen molar-refractivity contribution in [1.82, 2.24) is 9.21 Å². The molecule has 0 aliphatic carbocycles. The Morgan fingerprint density at radius 3 is 2.42 bits per heavy atom. The molecule has 0 spiro atoms. The van der Waals surface area contributed by atoms with Crippen molar-refractivity contribution in [2.75, 3.05) is 39.9 Å². The molecule has 2 aromatic carbocycles. The smallest absolute Gasteiger partial charge is 0.248 e. The van der Waals surface area contributed by atoms with Crippen LogP contribution in [0.25, 0.3) is 0 Å². The Hall–Kier alpha value is -1.68. The highest BCUT2D eigenvalue weighted by molar-refractivity contribution is 7.89. The molecule has 1 amide bonds. The molecule has 1 aliphatic heterocycles. The van der Waals surface area contributed by atoms with E-state index >= 15 is 0 Å². The molecule has 1 heterocycles. The fraction of sp³-hybridized carbons (Fsp3) is 0.435. The van der Waals surface area contributed by atoms with E-state index < -0.39 is 15.6 Å². The van der Waals surface area contributed by atoms with Gasteiger partial charge >= 0.3 is 0 Å². The summed E-state index contributed by atoms with van der Waals surface area (Å²) < 4.78 is 32.4. The summed E-state index contributed by atoms with van der Waals surface area (Å²) in [6.45, 7) is 2.44. The van der Waals surface area contributed by atoms with Gasteiger partial charge in [0.05, 0.1) is 17.2 Å². The average molecular weight is 515 g/mol. The van der Waals surface area contributed by atoms with Gasteiger partial charge in [-0.1, -0.05) is 53.5 Å². The second-order valence-electron chi connectivity index (χ2n) is 8.19. The van der Waals surface area contributed by atoms with Crippen LogP contribution in [-0.2, 0) is 25.2 Å². The van der Waals surface area contributed by atoms with Gasteiger partial charge in [0.15, 0.2) is 0 Å². The maximum atomic E-state index is 12.9. The van der Waals surface area contributed by atoms with Gasteiger partial charge in [0.2, 0.25) is 15.9 Å². The molecule has 180 valence electrons. The number of carbonyl (C=O) groups is 1. The van der Waals surface area contributed by atoms with Crippen molar-refractivity contribution >= 4 is 39.1 Å². The van der Waals surface area contributed by atoms with Gasteiger partial charge in [-0.25, -0.2) is 8.42 Å². The van der Waals surface area contributed by atoms with Crippen molar-refractivity contribution in [3.05, 3.63) is 63.6 Å². The van der Waals surface area contributed by atoms with Gasteiger partial charge < -0.3 is 14.7 Å². The van der Waals surface area contributed by atoms with Crippen LogP contribution in [0.5, 0.6) is 0 Å². The van der Waals surface area contributed by atoms with Crippen LogP contribution in [-0.4, -0.2) is 68.5 Å². The molecule has 0 radical (unpaired) electrons. The van der Waals surface area contributed by atoms with Crippen molar-refractivity contribution in [3.8, 4) is 0 Å². The molecule has 3 rings (SSSR count). The summed E-state index contributed by atoms with van der Waals surface area (Å²) >= 11 is 12.1. The molecule has 1 fully saturated rings. The second-order valence-corrected chi connectivity index (χ2v) is 11.0. The number of hydrogen-bond donors (Lipinski definition) is 1. The number of halogens is 2. The first kappa shape index (κ1) is 25.9. The summed E-state index contributed by atoms with van der Waals surface area (Å²) in [5.41, 5.74) is 0.376. The quantitative estimate of drug-likeness (QED) is 0.545. The monoisotopic (exact) mass is 514 g/mol. The number of amides is 1. The van der Waals surface area contributed by atoms with E-state index in [9.17, 15) is 18.3 Å². The molecule has 0 aromatic heterocycles. The van der Waals surface area contributed by atoms with Crippen molar-refractivity contribution in [1.29, 1.82) is 0 Å². The number of nitrogens with zero attached hydrogens (tertiary/aromatic N) is 2. The first-order valence-corrected chi connectivity index (χ1v) is 12.8. The Balaban J connectivity index is 1.47. The van der Waals surface area contributed by atoms with Crippen LogP contribution in [0.2, 0.25) is 10.0 Å². The van der Waals surface area contributed by atoms with Gasteiger partial charge in [0.25, 0.3) is 0 Å². The maximum Gasteiger partial charge on any atom is 0.248 e. The Bertz CT molecular complexity index is 1060. The molecule has 0 bridgehead atoms. The van der Waals surface area contributed by atoms with Gasteiger partial charge in [0.1, 0.15) is 11.5 Å². The summed E-state index contributed by atoms with van der Waals surface area (Å²) in [5, 5.41) is 11.3. The molecule has 10 heteroatoms. The van der Waals surface area contributed by atoms with E-state index in [1.165, 1.54) is 13.1 Å². The molecule has 2 aromatic rings. The SMILES string of the molecule is Cc1cc(Cl)cc(Cl)c1S(=O)(=O)N(C)CCOCC(=O)N1CCC(O)(c2ccccc2)CC1. The van der Waals surface area contributed by atoms with Gasteiger partial charge in [-0.05, 0) is 43.0 Å². The third-order valence-electron chi connectivity index (χ3n) is 5.89. The molecule has 1 N–H and O–H groups in total. The van der Waals surface area contributed by atoms with Gasteiger partial charge in [0, 0.05) is 31.7 Å². The molecule has 0 unspecified atom stereocenters. The molecule has 33 heavy (non-hydrogen) atoms. The normalized spacial score (nSPS) is 16.2. The lowest BCUT2D eigenvalue weighted by molar-refractivity contribution is -0.140. The van der Waals surface area contributed by atoms with E-state index in [0.29, 0.717) is 36.5 Å². The lowest BCUT2D eigenvalue weighted by Gasteiger charge is -2.38. The van der Waals surface area contributed by atoms with Crippen molar-refractivity contribution < 1.29 is 23.1 Å². The zero-order valence-corrected chi connectivity index (χ0v) is 21.0. The minimum Gasteiger partial charge on any atom is -0.385 e. The van der Waals surface area contributed by atoms with E-state index in [2.05, 4.69) is 0 Å². The second kappa shape index (κ2) is 10.7. The van der Waals surface area contributed by atoms with Crippen molar-refractivity contribution in [2.45, 2.75) is 30.3 Å². The summed E-state index contributed by atoms with van der Waals surface area (Å²) in [6.07, 6.45) is 0.899. The van der Waals surface area contributed by atoms with E-state index in [1.54, 1.807) is 17.9 Å². The number of aliphatic hydroxyl groups is 1. The van der Waals surface area contributed by atoms with Gasteiger partial charge in [-0.2, -0.15) is 4.31 Å². The third-order valence-corrected chi connectivity index (χ3v) is 8.58. The maximum absolute atomic E-state index is 12.9. The van der Waals surface area contributed by atoms with Crippen LogP contribution in [0, 0.1) is 6.92 Å². The molecule has 7 nitrogen and oxygen atoms in total. The standard InChI is InChI=1S/C23H28Cl2N2O5S/c1-17-14-19(24)15-20(25)22(17)33(30,31)26(2)12-13-32-16-21(28)27-10-8-23(29,9-11-27)18-6-4-3-5-7-18/h3-7,14-15,29H,8-13,16H2,1-2H3. The van der Waals surface area contributed by atoms with Gasteiger partial charge in [-0.15, -0.1) is 0 Å². The Labute approximate surface area is 204 Å². The van der Waals surface area contributed by atoms with Crippen LogP contribution in [0.15, 0.2) is 47.4 Å². The van der Waals surface area contributed by atoms with Crippen molar-refractivity contribution in [2.24, 2.45) is 0 Å². The largest absolute Gasteiger partial charge is 0.385 e.